The molecule has 0 saturated carbocycles. The van der Waals surface area contributed by atoms with Crippen LogP contribution >= 0.6 is 23.7 Å². The van der Waals surface area contributed by atoms with Crippen LogP contribution in [0.5, 0.6) is 0 Å². The number of carbonyl (C=O) groups is 2. The number of anilines is 1. The van der Waals surface area contributed by atoms with Crippen molar-refractivity contribution < 1.29 is 9.59 Å². The zero-order chi connectivity index (χ0) is 17.0. The summed E-state index contributed by atoms with van der Waals surface area (Å²) in [5, 5.41) is 6.42. The molecule has 1 aromatic heterocycles. The van der Waals surface area contributed by atoms with Crippen LogP contribution in [0.4, 0.5) is 5.00 Å². The summed E-state index contributed by atoms with van der Waals surface area (Å²) in [5.41, 5.74) is 7.73. The number of halogens is 1. The van der Waals surface area contributed by atoms with E-state index < -0.39 is 6.04 Å². The van der Waals surface area contributed by atoms with Gasteiger partial charge in [-0.05, 0) is 50.5 Å². The molecule has 7 heteroatoms. The van der Waals surface area contributed by atoms with Crippen LogP contribution in [0.3, 0.4) is 0 Å². The molecule has 1 aliphatic rings. The van der Waals surface area contributed by atoms with Crippen LogP contribution in [-0.4, -0.2) is 24.4 Å². The minimum absolute atomic E-state index is 0. The lowest BCUT2D eigenvalue weighted by atomic mass is 9.95. The van der Waals surface area contributed by atoms with Crippen LogP contribution in [0.15, 0.2) is 0 Å². The SMILES string of the molecule is CCNC(=O)c1c(NC(=O)[C@@H](N)CC(C)C)sc2c1CCCC2.Cl. The van der Waals surface area contributed by atoms with E-state index in [2.05, 4.69) is 10.6 Å². The van der Waals surface area contributed by atoms with Gasteiger partial charge in [-0.2, -0.15) is 0 Å². The summed E-state index contributed by atoms with van der Waals surface area (Å²) in [6.07, 6.45) is 4.76. The number of fused-ring (bicyclic) bond motifs is 1. The van der Waals surface area contributed by atoms with Gasteiger partial charge in [0.15, 0.2) is 0 Å². The average Bonchev–Trinajstić information content (AvgIpc) is 2.84. The van der Waals surface area contributed by atoms with Gasteiger partial charge in [0.25, 0.3) is 5.91 Å². The Morgan fingerprint density at radius 3 is 2.54 bits per heavy atom. The molecular formula is C17H28ClN3O2S. The molecule has 4 N–H and O–H groups in total. The third kappa shape index (κ3) is 4.94. The summed E-state index contributed by atoms with van der Waals surface area (Å²) in [5.74, 6) is 0.0534. The summed E-state index contributed by atoms with van der Waals surface area (Å²) in [6.45, 7) is 6.55. The van der Waals surface area contributed by atoms with Crippen LogP contribution in [0, 0.1) is 5.92 Å². The van der Waals surface area contributed by atoms with E-state index in [1.807, 2.05) is 20.8 Å². The highest BCUT2D eigenvalue weighted by Gasteiger charge is 2.27. The molecule has 1 aromatic rings. The number of carbonyl (C=O) groups excluding carboxylic acids is 2. The summed E-state index contributed by atoms with van der Waals surface area (Å²) < 4.78 is 0. The van der Waals surface area contributed by atoms with Crippen molar-refractivity contribution in [3.8, 4) is 0 Å². The number of hydrogen-bond donors (Lipinski definition) is 3. The van der Waals surface area contributed by atoms with E-state index in [-0.39, 0.29) is 24.2 Å². The van der Waals surface area contributed by atoms with Crippen LogP contribution in [0.2, 0.25) is 0 Å². The van der Waals surface area contributed by atoms with Crippen molar-refractivity contribution in [3.05, 3.63) is 16.0 Å². The van der Waals surface area contributed by atoms with Crippen molar-refractivity contribution in [2.75, 3.05) is 11.9 Å². The van der Waals surface area contributed by atoms with Crippen LogP contribution in [0.25, 0.3) is 0 Å². The van der Waals surface area contributed by atoms with E-state index in [0.717, 1.165) is 31.2 Å². The number of amides is 2. The molecule has 0 radical (unpaired) electrons. The van der Waals surface area contributed by atoms with E-state index in [1.54, 1.807) is 0 Å². The maximum absolute atomic E-state index is 12.4. The quantitative estimate of drug-likeness (QED) is 0.716. The fourth-order valence-electron chi connectivity index (χ4n) is 2.96. The Morgan fingerprint density at radius 2 is 1.92 bits per heavy atom. The first kappa shape index (κ1) is 20.9. The van der Waals surface area contributed by atoms with Crippen molar-refractivity contribution in [2.45, 2.75) is 58.9 Å². The monoisotopic (exact) mass is 373 g/mol. The van der Waals surface area contributed by atoms with Gasteiger partial charge in [0, 0.05) is 11.4 Å². The molecule has 5 nitrogen and oxygen atoms in total. The van der Waals surface area contributed by atoms with Gasteiger partial charge >= 0.3 is 0 Å². The molecule has 0 aromatic carbocycles. The second-order valence-corrected chi connectivity index (χ2v) is 7.60. The van der Waals surface area contributed by atoms with Gasteiger partial charge in [0.05, 0.1) is 11.6 Å². The molecule has 0 aliphatic heterocycles. The lowest BCUT2D eigenvalue weighted by Crippen LogP contribution is -2.37. The number of rotatable bonds is 6. The third-order valence-corrected chi connectivity index (χ3v) is 5.24. The molecule has 0 unspecified atom stereocenters. The molecular weight excluding hydrogens is 346 g/mol. The summed E-state index contributed by atoms with van der Waals surface area (Å²) in [4.78, 5) is 26.0. The van der Waals surface area contributed by atoms with Gasteiger partial charge in [-0.1, -0.05) is 13.8 Å². The normalized spacial score (nSPS) is 14.5. The fourth-order valence-corrected chi connectivity index (χ4v) is 4.25. The van der Waals surface area contributed by atoms with Crippen molar-refractivity contribution in [1.29, 1.82) is 0 Å². The van der Waals surface area contributed by atoms with E-state index >= 15 is 0 Å². The predicted octanol–water partition coefficient (Wildman–Crippen LogP) is 3.11. The maximum Gasteiger partial charge on any atom is 0.254 e. The molecule has 2 rings (SSSR count). The first-order chi connectivity index (χ1) is 10.9. The Bertz CT molecular complexity index is 587. The van der Waals surface area contributed by atoms with Crippen molar-refractivity contribution in [1.82, 2.24) is 5.32 Å². The summed E-state index contributed by atoms with van der Waals surface area (Å²) >= 11 is 1.53. The highest BCUT2D eigenvalue weighted by atomic mass is 35.5. The minimum atomic E-state index is -0.545. The molecule has 0 fully saturated rings. The largest absolute Gasteiger partial charge is 0.352 e. The highest BCUT2D eigenvalue weighted by molar-refractivity contribution is 7.17. The van der Waals surface area contributed by atoms with Crippen LogP contribution in [-0.2, 0) is 17.6 Å². The van der Waals surface area contributed by atoms with E-state index in [1.165, 1.54) is 16.2 Å². The van der Waals surface area contributed by atoms with Crippen LogP contribution < -0.4 is 16.4 Å². The zero-order valence-corrected chi connectivity index (χ0v) is 16.2. The van der Waals surface area contributed by atoms with Gasteiger partial charge < -0.3 is 16.4 Å². The molecule has 1 heterocycles. The topological polar surface area (TPSA) is 84.2 Å². The summed E-state index contributed by atoms with van der Waals surface area (Å²) in [6, 6.07) is -0.545. The Kier molecular flexibility index (Phi) is 8.19. The molecule has 2 amide bonds. The lowest BCUT2D eigenvalue weighted by molar-refractivity contribution is -0.117. The first-order valence-electron chi connectivity index (χ1n) is 8.43. The first-order valence-corrected chi connectivity index (χ1v) is 9.24. The van der Waals surface area contributed by atoms with Gasteiger partial charge in [0.1, 0.15) is 5.00 Å². The smallest absolute Gasteiger partial charge is 0.254 e. The lowest BCUT2D eigenvalue weighted by Gasteiger charge is -2.15. The number of hydrogen-bond acceptors (Lipinski definition) is 4. The van der Waals surface area contributed by atoms with E-state index in [9.17, 15) is 9.59 Å². The predicted molar refractivity (Wildman–Crippen MR) is 102 cm³/mol. The Hall–Kier alpha value is -1.11. The molecule has 0 bridgehead atoms. The average molecular weight is 374 g/mol. The van der Waals surface area contributed by atoms with Crippen molar-refractivity contribution >= 4 is 40.6 Å². The molecule has 136 valence electrons. The number of thiophene rings is 1. The van der Waals surface area contributed by atoms with Gasteiger partial charge in [-0.15, -0.1) is 23.7 Å². The highest BCUT2D eigenvalue weighted by Crippen LogP contribution is 2.38. The Balaban J connectivity index is 0.00000288. The molecule has 24 heavy (non-hydrogen) atoms. The maximum atomic E-state index is 12.4. The summed E-state index contributed by atoms with van der Waals surface area (Å²) in [7, 11) is 0. The van der Waals surface area contributed by atoms with Gasteiger partial charge in [-0.25, -0.2) is 0 Å². The number of aryl methyl sites for hydroxylation is 1. The van der Waals surface area contributed by atoms with Gasteiger partial charge in [0.2, 0.25) is 5.91 Å². The number of nitrogens with two attached hydrogens (primary N) is 1. The van der Waals surface area contributed by atoms with Crippen molar-refractivity contribution in [2.24, 2.45) is 11.7 Å². The Labute approximate surface area is 154 Å². The molecule has 1 aliphatic carbocycles. The van der Waals surface area contributed by atoms with E-state index in [0.29, 0.717) is 29.4 Å². The van der Waals surface area contributed by atoms with Crippen molar-refractivity contribution in [3.63, 3.8) is 0 Å². The third-order valence-electron chi connectivity index (χ3n) is 4.03. The second kappa shape index (κ2) is 9.39. The second-order valence-electron chi connectivity index (χ2n) is 6.50. The van der Waals surface area contributed by atoms with Gasteiger partial charge in [-0.3, -0.25) is 9.59 Å². The standard InChI is InChI=1S/C17H27N3O2S.ClH/c1-4-19-16(22)14-11-7-5-6-8-13(11)23-17(14)20-15(21)12(18)9-10(2)3;/h10,12H,4-9,18H2,1-3H3,(H,19,22)(H,20,21);1H/t12-;/m0./s1. The Morgan fingerprint density at radius 1 is 1.25 bits per heavy atom. The fraction of sp³-hybridized carbons (Fsp3) is 0.647. The zero-order valence-electron chi connectivity index (χ0n) is 14.6. The minimum Gasteiger partial charge on any atom is -0.352 e. The molecule has 0 saturated heterocycles. The number of nitrogens with one attached hydrogen (secondary N) is 2. The molecule has 1 atom stereocenters. The van der Waals surface area contributed by atoms with Crippen LogP contribution in [0.1, 0.15) is 60.8 Å². The van der Waals surface area contributed by atoms with E-state index in [4.69, 9.17) is 5.73 Å². The molecule has 0 spiro atoms.